The third kappa shape index (κ3) is 9.61. The molecule has 7 nitrogen and oxygen atoms in total. The van der Waals surface area contributed by atoms with Crippen molar-refractivity contribution in [3.63, 3.8) is 0 Å². The molecule has 3 rings (SSSR count). The van der Waals surface area contributed by atoms with Gasteiger partial charge in [0.25, 0.3) is 0 Å². The molecule has 0 aliphatic rings. The lowest BCUT2D eigenvalue weighted by atomic mass is 10.0. The van der Waals surface area contributed by atoms with Crippen LogP contribution in [0.25, 0.3) is 0 Å². The Morgan fingerprint density at radius 2 is 1.59 bits per heavy atom. The maximum absolute atomic E-state index is 13.9. The molecule has 3 aromatic rings. The van der Waals surface area contributed by atoms with Gasteiger partial charge in [-0.05, 0) is 80.6 Å². The summed E-state index contributed by atoms with van der Waals surface area (Å²) >= 11 is 6.24. The van der Waals surface area contributed by atoms with E-state index < -0.39 is 16.1 Å². The largest absolute Gasteiger partial charge is 0.352 e. The van der Waals surface area contributed by atoms with E-state index in [0.717, 1.165) is 22.3 Å². The minimum atomic E-state index is -3.57. The molecule has 41 heavy (non-hydrogen) atoms. The molecule has 3 aromatic carbocycles. The van der Waals surface area contributed by atoms with Crippen LogP contribution in [0.15, 0.2) is 72.8 Å². The Bertz CT molecular complexity index is 1440. The number of halogens is 1. The fraction of sp³-hybridized carbons (Fsp3) is 0.375. The van der Waals surface area contributed by atoms with E-state index in [2.05, 4.69) is 5.32 Å². The molecule has 0 heterocycles. The van der Waals surface area contributed by atoms with E-state index in [1.165, 1.54) is 10.6 Å². The Morgan fingerprint density at radius 1 is 0.902 bits per heavy atom. The third-order valence-electron chi connectivity index (χ3n) is 6.87. The van der Waals surface area contributed by atoms with Gasteiger partial charge in [0.1, 0.15) is 6.04 Å². The number of nitrogens with one attached hydrogen (secondary N) is 1. The number of aryl methyl sites for hydroxylation is 2. The molecule has 0 radical (unpaired) electrons. The van der Waals surface area contributed by atoms with E-state index in [-0.39, 0.29) is 43.8 Å². The highest BCUT2D eigenvalue weighted by Crippen LogP contribution is 2.23. The van der Waals surface area contributed by atoms with Gasteiger partial charge in [0.2, 0.25) is 21.8 Å². The van der Waals surface area contributed by atoms with E-state index >= 15 is 0 Å². The van der Waals surface area contributed by atoms with Crippen LogP contribution < -0.4 is 9.62 Å². The Balaban J connectivity index is 1.89. The number of amides is 2. The van der Waals surface area contributed by atoms with Gasteiger partial charge in [-0.15, -0.1) is 0 Å². The standard InChI is InChI=1S/C32H40ClN3O4S/c1-23(2)34-32(38)30(21-26-11-7-6-8-12-26)35(22-27-13-9-14-28(33)20-27)31(37)15-10-18-36(41(5,39)40)29-17-16-24(3)25(4)19-29/h6-9,11-14,16-17,19-20,23,30H,10,15,18,21-22H2,1-5H3,(H,34,38)/t30-/m0/s1. The second kappa shape index (κ2) is 14.5. The number of benzene rings is 3. The van der Waals surface area contributed by atoms with Gasteiger partial charge in [-0.3, -0.25) is 13.9 Å². The van der Waals surface area contributed by atoms with E-state index in [0.29, 0.717) is 17.1 Å². The average Bonchev–Trinajstić information content (AvgIpc) is 2.89. The van der Waals surface area contributed by atoms with Crippen molar-refractivity contribution in [3.8, 4) is 0 Å². The molecule has 1 atom stereocenters. The predicted octanol–water partition coefficient (Wildman–Crippen LogP) is 5.67. The molecule has 0 saturated carbocycles. The number of hydrogen-bond donors (Lipinski definition) is 1. The number of carbonyl (C=O) groups excluding carboxylic acids is 2. The van der Waals surface area contributed by atoms with Crippen LogP contribution in [0.3, 0.4) is 0 Å². The molecule has 0 saturated heterocycles. The smallest absolute Gasteiger partial charge is 0.243 e. The number of hydrogen-bond acceptors (Lipinski definition) is 4. The molecule has 2 amide bonds. The summed E-state index contributed by atoms with van der Waals surface area (Å²) in [6, 6.07) is 21.5. The van der Waals surface area contributed by atoms with Crippen molar-refractivity contribution >= 4 is 39.1 Å². The van der Waals surface area contributed by atoms with E-state index in [4.69, 9.17) is 11.6 Å². The molecule has 220 valence electrons. The lowest BCUT2D eigenvalue weighted by molar-refractivity contribution is -0.141. The predicted molar refractivity (Wildman–Crippen MR) is 167 cm³/mol. The van der Waals surface area contributed by atoms with E-state index in [1.54, 1.807) is 23.1 Å². The summed E-state index contributed by atoms with van der Waals surface area (Å²) < 4.78 is 26.7. The first kappa shape index (κ1) is 32.2. The van der Waals surface area contributed by atoms with Gasteiger partial charge >= 0.3 is 0 Å². The van der Waals surface area contributed by atoms with Crippen molar-refractivity contribution in [1.82, 2.24) is 10.2 Å². The van der Waals surface area contributed by atoms with E-state index in [9.17, 15) is 18.0 Å². The summed E-state index contributed by atoms with van der Waals surface area (Å²) in [6.45, 7) is 8.00. The van der Waals surface area contributed by atoms with Crippen molar-refractivity contribution in [2.75, 3.05) is 17.1 Å². The zero-order chi connectivity index (χ0) is 30.2. The SMILES string of the molecule is Cc1ccc(N(CCCC(=O)N(Cc2cccc(Cl)c2)[C@@H](Cc2ccccc2)C(=O)NC(C)C)S(C)(=O)=O)cc1C. The monoisotopic (exact) mass is 597 g/mol. The maximum atomic E-state index is 13.9. The molecule has 1 N–H and O–H groups in total. The number of carbonyl (C=O) groups is 2. The molecule has 0 aliphatic heterocycles. The molecule has 0 fully saturated rings. The van der Waals surface area contributed by atoms with Crippen LogP contribution in [0.2, 0.25) is 5.02 Å². The highest BCUT2D eigenvalue weighted by Gasteiger charge is 2.31. The fourth-order valence-corrected chi connectivity index (χ4v) is 5.82. The van der Waals surface area contributed by atoms with Crippen molar-refractivity contribution in [3.05, 3.63) is 100 Å². The first-order chi connectivity index (χ1) is 19.3. The third-order valence-corrected chi connectivity index (χ3v) is 8.30. The second-order valence-electron chi connectivity index (χ2n) is 10.7. The molecule has 0 aliphatic carbocycles. The van der Waals surface area contributed by atoms with Crippen molar-refractivity contribution in [2.45, 2.75) is 65.6 Å². The van der Waals surface area contributed by atoms with Crippen molar-refractivity contribution < 1.29 is 18.0 Å². The Labute approximate surface area is 249 Å². The van der Waals surface area contributed by atoms with Gasteiger partial charge in [0.15, 0.2) is 0 Å². The highest BCUT2D eigenvalue weighted by atomic mass is 35.5. The molecular weight excluding hydrogens is 558 g/mol. The van der Waals surface area contributed by atoms with E-state index in [1.807, 2.05) is 82.3 Å². The Hall–Kier alpha value is -3.36. The highest BCUT2D eigenvalue weighted by molar-refractivity contribution is 7.92. The van der Waals surface area contributed by atoms with Gasteiger partial charge in [-0.1, -0.05) is 60.1 Å². The summed E-state index contributed by atoms with van der Waals surface area (Å²) in [5, 5.41) is 3.51. The van der Waals surface area contributed by atoms with Crippen molar-refractivity contribution in [2.24, 2.45) is 0 Å². The molecule has 0 aromatic heterocycles. The Morgan fingerprint density at radius 3 is 2.20 bits per heavy atom. The summed E-state index contributed by atoms with van der Waals surface area (Å²) in [4.78, 5) is 29.0. The number of rotatable bonds is 13. The molecule has 0 spiro atoms. The number of anilines is 1. The van der Waals surface area contributed by atoms with Gasteiger partial charge < -0.3 is 10.2 Å². The van der Waals surface area contributed by atoms with Crippen LogP contribution in [0.1, 0.15) is 48.9 Å². The van der Waals surface area contributed by atoms with Gasteiger partial charge in [-0.25, -0.2) is 8.42 Å². The lowest BCUT2D eigenvalue weighted by Crippen LogP contribution is -2.51. The fourth-order valence-electron chi connectivity index (χ4n) is 4.65. The summed E-state index contributed by atoms with van der Waals surface area (Å²) in [5.41, 5.74) is 4.35. The van der Waals surface area contributed by atoms with Crippen LogP contribution in [0, 0.1) is 13.8 Å². The van der Waals surface area contributed by atoms with Crippen LogP contribution in [-0.4, -0.2) is 50.0 Å². The van der Waals surface area contributed by atoms with Crippen molar-refractivity contribution in [1.29, 1.82) is 0 Å². The topological polar surface area (TPSA) is 86.8 Å². The first-order valence-corrected chi connectivity index (χ1v) is 16.0. The van der Waals surface area contributed by atoms with Crippen LogP contribution in [0.4, 0.5) is 5.69 Å². The van der Waals surface area contributed by atoms with Gasteiger partial charge in [-0.2, -0.15) is 0 Å². The maximum Gasteiger partial charge on any atom is 0.243 e. The summed E-state index contributed by atoms with van der Waals surface area (Å²) in [6.07, 6.45) is 1.86. The molecule has 9 heteroatoms. The minimum absolute atomic E-state index is 0.0671. The normalized spacial score (nSPS) is 12.2. The molecule has 0 bridgehead atoms. The van der Waals surface area contributed by atoms with Gasteiger partial charge in [0, 0.05) is 37.0 Å². The average molecular weight is 598 g/mol. The summed E-state index contributed by atoms with van der Waals surface area (Å²) in [7, 11) is -3.57. The molecular formula is C32H40ClN3O4S. The molecule has 0 unspecified atom stereocenters. The zero-order valence-corrected chi connectivity index (χ0v) is 26.0. The second-order valence-corrected chi connectivity index (χ2v) is 13.1. The Kier molecular flexibility index (Phi) is 11.4. The van der Waals surface area contributed by atoms with Crippen LogP contribution >= 0.6 is 11.6 Å². The lowest BCUT2D eigenvalue weighted by Gasteiger charge is -2.32. The number of nitrogens with zero attached hydrogens (tertiary/aromatic N) is 2. The number of sulfonamides is 1. The zero-order valence-electron chi connectivity index (χ0n) is 24.4. The first-order valence-electron chi connectivity index (χ1n) is 13.8. The van der Waals surface area contributed by atoms with Crippen LogP contribution in [0.5, 0.6) is 0 Å². The van der Waals surface area contributed by atoms with Crippen LogP contribution in [-0.2, 0) is 32.6 Å². The van der Waals surface area contributed by atoms with Gasteiger partial charge in [0.05, 0.1) is 11.9 Å². The quantitative estimate of drug-likeness (QED) is 0.275. The summed E-state index contributed by atoms with van der Waals surface area (Å²) in [5.74, 6) is -0.481. The minimum Gasteiger partial charge on any atom is -0.352 e.